The second-order valence-corrected chi connectivity index (χ2v) is 4.30. The standard InChI is InChI=1S/C12H16N2O2/c13-6-11-3-4-12(16-11)8-14-5-1-2-10(7-14)9-15/h3-4,10,15H,1-2,5,7-9H2. The second kappa shape index (κ2) is 5.15. The topological polar surface area (TPSA) is 60.4 Å². The van der Waals surface area contributed by atoms with E-state index in [9.17, 15) is 0 Å². The highest BCUT2D eigenvalue weighted by Gasteiger charge is 2.19. The molecule has 1 aromatic heterocycles. The molecule has 2 heterocycles. The summed E-state index contributed by atoms with van der Waals surface area (Å²) in [6, 6.07) is 5.52. The minimum absolute atomic E-state index is 0.262. The van der Waals surface area contributed by atoms with Crippen LogP contribution in [0.4, 0.5) is 0 Å². The van der Waals surface area contributed by atoms with Gasteiger partial charge in [0.15, 0.2) is 0 Å². The number of nitriles is 1. The van der Waals surface area contributed by atoms with Gasteiger partial charge in [-0.05, 0) is 37.4 Å². The van der Waals surface area contributed by atoms with Crippen molar-refractivity contribution in [3.05, 3.63) is 23.7 Å². The Bertz CT molecular complexity index is 381. The van der Waals surface area contributed by atoms with Crippen molar-refractivity contribution in [1.29, 1.82) is 5.26 Å². The molecule has 0 bridgehead atoms. The van der Waals surface area contributed by atoms with Crippen LogP contribution in [0.15, 0.2) is 16.5 Å². The molecule has 1 atom stereocenters. The van der Waals surface area contributed by atoms with Gasteiger partial charge in [-0.25, -0.2) is 0 Å². The highest BCUT2D eigenvalue weighted by atomic mass is 16.3. The maximum Gasteiger partial charge on any atom is 0.203 e. The Morgan fingerprint density at radius 1 is 1.56 bits per heavy atom. The molecular weight excluding hydrogens is 204 g/mol. The van der Waals surface area contributed by atoms with Crippen molar-refractivity contribution in [3.63, 3.8) is 0 Å². The first-order valence-corrected chi connectivity index (χ1v) is 5.64. The molecule has 1 aromatic rings. The number of aliphatic hydroxyl groups is 1. The lowest BCUT2D eigenvalue weighted by Crippen LogP contribution is -2.36. The van der Waals surface area contributed by atoms with E-state index < -0.39 is 0 Å². The third kappa shape index (κ3) is 2.63. The number of piperidine rings is 1. The number of likely N-dealkylation sites (tertiary alicyclic amines) is 1. The summed E-state index contributed by atoms with van der Waals surface area (Å²) in [7, 11) is 0. The summed E-state index contributed by atoms with van der Waals surface area (Å²) in [5, 5.41) is 17.8. The van der Waals surface area contributed by atoms with Crippen molar-refractivity contribution in [2.45, 2.75) is 19.4 Å². The summed E-state index contributed by atoms with van der Waals surface area (Å²) < 4.78 is 5.34. The smallest absolute Gasteiger partial charge is 0.203 e. The molecule has 0 saturated carbocycles. The minimum atomic E-state index is 0.262. The van der Waals surface area contributed by atoms with Crippen molar-refractivity contribution >= 4 is 0 Å². The van der Waals surface area contributed by atoms with E-state index >= 15 is 0 Å². The summed E-state index contributed by atoms with van der Waals surface area (Å²) in [6.45, 7) is 2.95. The molecule has 86 valence electrons. The molecule has 4 heteroatoms. The van der Waals surface area contributed by atoms with Crippen molar-refractivity contribution in [1.82, 2.24) is 4.90 Å². The lowest BCUT2D eigenvalue weighted by Gasteiger charge is -2.30. The number of rotatable bonds is 3. The Labute approximate surface area is 95.1 Å². The van der Waals surface area contributed by atoms with Crippen molar-refractivity contribution < 1.29 is 9.52 Å². The van der Waals surface area contributed by atoms with E-state index in [1.165, 1.54) is 0 Å². The van der Waals surface area contributed by atoms with Gasteiger partial charge in [0.25, 0.3) is 0 Å². The molecule has 1 N–H and O–H groups in total. The van der Waals surface area contributed by atoms with Gasteiger partial charge < -0.3 is 9.52 Å². The number of aliphatic hydroxyl groups excluding tert-OH is 1. The Morgan fingerprint density at radius 3 is 3.12 bits per heavy atom. The third-order valence-electron chi connectivity index (χ3n) is 3.01. The third-order valence-corrected chi connectivity index (χ3v) is 3.01. The summed E-state index contributed by atoms with van der Waals surface area (Å²) in [5.74, 6) is 1.58. The molecule has 16 heavy (non-hydrogen) atoms. The van der Waals surface area contributed by atoms with E-state index in [1.807, 2.05) is 12.1 Å². The van der Waals surface area contributed by atoms with Crippen LogP contribution in [0.5, 0.6) is 0 Å². The molecule has 4 nitrogen and oxygen atoms in total. The van der Waals surface area contributed by atoms with Crippen molar-refractivity contribution in [3.8, 4) is 6.07 Å². The molecule has 0 aliphatic carbocycles. The van der Waals surface area contributed by atoms with Gasteiger partial charge in [0.1, 0.15) is 11.8 Å². The highest BCUT2D eigenvalue weighted by molar-refractivity contribution is 5.19. The van der Waals surface area contributed by atoms with Crippen LogP contribution in [0, 0.1) is 17.2 Å². The molecule has 1 saturated heterocycles. The Balaban J connectivity index is 1.91. The molecule has 1 unspecified atom stereocenters. The predicted octanol–water partition coefficient (Wildman–Crippen LogP) is 1.36. The van der Waals surface area contributed by atoms with Gasteiger partial charge in [-0.1, -0.05) is 0 Å². The zero-order valence-electron chi connectivity index (χ0n) is 9.22. The van der Waals surface area contributed by atoms with Gasteiger partial charge in [0.2, 0.25) is 5.76 Å². The molecule has 0 spiro atoms. The lowest BCUT2D eigenvalue weighted by atomic mass is 9.99. The minimum Gasteiger partial charge on any atom is -0.449 e. The van der Waals surface area contributed by atoms with E-state index in [4.69, 9.17) is 14.8 Å². The van der Waals surface area contributed by atoms with Gasteiger partial charge in [-0.15, -0.1) is 0 Å². The van der Waals surface area contributed by atoms with Gasteiger partial charge in [0, 0.05) is 13.2 Å². The molecule has 0 radical (unpaired) electrons. The molecule has 0 amide bonds. The zero-order valence-corrected chi connectivity index (χ0v) is 9.22. The van der Waals surface area contributed by atoms with Crippen LogP contribution in [0.2, 0.25) is 0 Å². The second-order valence-electron chi connectivity index (χ2n) is 4.30. The largest absolute Gasteiger partial charge is 0.449 e. The molecule has 2 rings (SSSR count). The predicted molar refractivity (Wildman–Crippen MR) is 58.5 cm³/mol. The maximum absolute atomic E-state index is 9.12. The first-order valence-electron chi connectivity index (χ1n) is 5.64. The van der Waals surface area contributed by atoms with Crippen LogP contribution < -0.4 is 0 Å². The number of hydrogen-bond donors (Lipinski definition) is 1. The van der Waals surface area contributed by atoms with E-state index in [1.54, 1.807) is 6.07 Å². The summed E-state index contributed by atoms with van der Waals surface area (Å²) in [4.78, 5) is 2.27. The Kier molecular flexibility index (Phi) is 3.60. The summed E-state index contributed by atoms with van der Waals surface area (Å²) in [5.41, 5.74) is 0. The fourth-order valence-corrected chi connectivity index (χ4v) is 2.19. The van der Waals surface area contributed by atoms with Crippen LogP contribution in [-0.2, 0) is 6.54 Å². The SMILES string of the molecule is N#Cc1ccc(CN2CCCC(CO)C2)o1. The average Bonchev–Trinajstić information content (AvgIpc) is 2.77. The summed E-state index contributed by atoms with van der Waals surface area (Å²) in [6.07, 6.45) is 2.23. The Morgan fingerprint density at radius 2 is 2.44 bits per heavy atom. The maximum atomic E-state index is 9.12. The molecule has 0 aromatic carbocycles. The zero-order chi connectivity index (χ0) is 11.4. The molecule has 1 aliphatic rings. The fourth-order valence-electron chi connectivity index (χ4n) is 2.19. The lowest BCUT2D eigenvalue weighted by molar-refractivity contribution is 0.110. The van der Waals surface area contributed by atoms with Crippen molar-refractivity contribution in [2.75, 3.05) is 19.7 Å². The first kappa shape index (κ1) is 11.2. The van der Waals surface area contributed by atoms with Gasteiger partial charge in [-0.2, -0.15) is 5.26 Å². The first-order chi connectivity index (χ1) is 7.81. The van der Waals surface area contributed by atoms with Crippen LogP contribution in [0.1, 0.15) is 24.4 Å². The monoisotopic (exact) mass is 220 g/mol. The molecule has 1 fully saturated rings. The van der Waals surface area contributed by atoms with Crippen molar-refractivity contribution in [2.24, 2.45) is 5.92 Å². The van der Waals surface area contributed by atoms with E-state index in [2.05, 4.69) is 4.90 Å². The average molecular weight is 220 g/mol. The van der Waals surface area contributed by atoms with Gasteiger partial charge >= 0.3 is 0 Å². The van der Waals surface area contributed by atoms with Crippen LogP contribution in [0.3, 0.4) is 0 Å². The molecule has 1 aliphatic heterocycles. The van der Waals surface area contributed by atoms with E-state index in [-0.39, 0.29) is 6.61 Å². The molecular formula is C12H16N2O2. The fraction of sp³-hybridized carbons (Fsp3) is 0.583. The number of hydrogen-bond acceptors (Lipinski definition) is 4. The van der Waals surface area contributed by atoms with E-state index in [0.29, 0.717) is 11.7 Å². The van der Waals surface area contributed by atoms with E-state index in [0.717, 1.165) is 38.2 Å². The summed E-state index contributed by atoms with van der Waals surface area (Å²) >= 11 is 0. The van der Waals surface area contributed by atoms with Crippen LogP contribution >= 0.6 is 0 Å². The Hall–Kier alpha value is -1.31. The van der Waals surface area contributed by atoms with Gasteiger partial charge in [-0.3, -0.25) is 4.90 Å². The quantitative estimate of drug-likeness (QED) is 0.835. The van der Waals surface area contributed by atoms with Crippen LogP contribution in [-0.4, -0.2) is 29.7 Å². The number of nitrogens with zero attached hydrogens (tertiary/aromatic N) is 2. The number of furan rings is 1. The van der Waals surface area contributed by atoms with Gasteiger partial charge in [0.05, 0.1) is 6.54 Å². The highest BCUT2D eigenvalue weighted by Crippen LogP contribution is 2.18. The normalized spacial score (nSPS) is 21.9. The van der Waals surface area contributed by atoms with Crippen LogP contribution in [0.25, 0.3) is 0 Å².